The van der Waals surface area contributed by atoms with Crippen molar-refractivity contribution in [1.82, 2.24) is 0 Å². The first-order chi connectivity index (χ1) is 5.49. The third kappa shape index (κ3) is 3.82. The highest BCUT2D eigenvalue weighted by molar-refractivity contribution is 7.46. The average molecular weight is 191 g/mol. The Labute approximate surface area is 74.0 Å². The number of aliphatic carboxylic acids is 1. The fraction of sp³-hybridized carbons (Fsp3) is 0.875. The van der Waals surface area contributed by atoms with Gasteiger partial charge in [0.2, 0.25) is 0 Å². The van der Waals surface area contributed by atoms with Crippen LogP contribution in [0.5, 0.6) is 0 Å². The van der Waals surface area contributed by atoms with E-state index >= 15 is 0 Å². The van der Waals surface area contributed by atoms with Gasteiger partial charge in [0.25, 0.3) is 5.66 Å². The molecule has 0 saturated heterocycles. The highest BCUT2D eigenvalue weighted by atomic mass is 31.1. The van der Waals surface area contributed by atoms with Gasteiger partial charge < -0.3 is 5.11 Å². The normalized spacial score (nSPS) is 14.5. The zero-order chi connectivity index (χ0) is 9.72. The lowest BCUT2D eigenvalue weighted by molar-refractivity contribution is -0.136. The Balaban J connectivity index is 4.23. The second kappa shape index (κ2) is 5.26. The molecule has 0 saturated carbocycles. The molecule has 0 spiro atoms. The van der Waals surface area contributed by atoms with Crippen LogP contribution in [0.2, 0.25) is 0 Å². The van der Waals surface area contributed by atoms with Gasteiger partial charge in [-0.15, -0.1) is 0 Å². The first-order valence-electron chi connectivity index (χ1n) is 4.15. The van der Waals surface area contributed by atoms with Crippen LogP contribution in [-0.4, -0.2) is 22.9 Å². The summed E-state index contributed by atoms with van der Waals surface area (Å²) in [6.45, 7) is 5.64. The van der Waals surface area contributed by atoms with Gasteiger partial charge in [-0.05, 0) is 12.8 Å². The van der Waals surface area contributed by atoms with Crippen molar-refractivity contribution in [3.8, 4) is 0 Å². The molecular weight excluding hydrogens is 175 g/mol. The molecule has 0 aliphatic rings. The Morgan fingerprint density at radius 2 is 2.00 bits per heavy atom. The van der Waals surface area contributed by atoms with E-state index in [1.807, 2.05) is 13.8 Å². The number of carboxylic acid groups (broad SMARTS) is 1. The molecule has 0 amide bonds. The Hall–Kier alpha value is -0.430. The third-order valence-corrected chi connectivity index (χ3v) is 3.39. The Kier molecular flexibility index (Phi) is 5.07. The summed E-state index contributed by atoms with van der Waals surface area (Å²) in [5, 5.41) is 8.74. The molecule has 0 heterocycles. The quantitative estimate of drug-likeness (QED) is 0.678. The van der Waals surface area contributed by atoms with Gasteiger partial charge >= 0.3 is 13.8 Å². The van der Waals surface area contributed by atoms with E-state index in [0.29, 0.717) is 12.6 Å². The molecule has 3 nitrogen and oxygen atoms in total. The van der Waals surface area contributed by atoms with Gasteiger partial charge in [-0.2, -0.15) is 0 Å². The van der Waals surface area contributed by atoms with Gasteiger partial charge in [-0.25, -0.2) is 4.79 Å². The number of carbonyl (C=O) groups is 1. The van der Waals surface area contributed by atoms with Crippen molar-refractivity contribution in [3.63, 3.8) is 0 Å². The van der Waals surface area contributed by atoms with Crippen LogP contribution in [0.1, 0.15) is 27.2 Å². The molecule has 70 valence electrons. The first-order valence-corrected chi connectivity index (χ1v) is 5.67. The lowest BCUT2D eigenvalue weighted by Gasteiger charge is -2.04. The van der Waals surface area contributed by atoms with Crippen molar-refractivity contribution in [1.29, 1.82) is 0 Å². The third-order valence-electron chi connectivity index (χ3n) is 1.64. The standard InChI is InChI=1S/C8H15O3P/c1-4-12(11)7(8(9)10)5-6(2)3/h6-7H,4-5H2,1-3H3/p+1. The van der Waals surface area contributed by atoms with E-state index in [9.17, 15) is 9.36 Å². The van der Waals surface area contributed by atoms with Crippen molar-refractivity contribution in [3.05, 3.63) is 0 Å². The Morgan fingerprint density at radius 3 is 2.25 bits per heavy atom. The van der Waals surface area contributed by atoms with E-state index in [4.69, 9.17) is 5.11 Å². The second-order valence-corrected chi connectivity index (χ2v) is 5.31. The molecule has 0 radical (unpaired) electrons. The average Bonchev–Trinajstić information content (AvgIpc) is 1.98. The minimum atomic E-state index is -1.56. The second-order valence-electron chi connectivity index (χ2n) is 3.22. The number of carboxylic acids is 1. The van der Waals surface area contributed by atoms with Crippen molar-refractivity contribution in [2.75, 3.05) is 6.16 Å². The molecule has 0 aliphatic carbocycles. The number of hydrogen-bond acceptors (Lipinski definition) is 2. The largest absolute Gasteiger partial charge is 0.478 e. The summed E-state index contributed by atoms with van der Waals surface area (Å²) in [6, 6.07) is 0. The van der Waals surface area contributed by atoms with E-state index in [0.717, 1.165) is 0 Å². The van der Waals surface area contributed by atoms with Crippen molar-refractivity contribution in [2.24, 2.45) is 5.92 Å². The van der Waals surface area contributed by atoms with Crippen LogP contribution in [0.15, 0.2) is 0 Å². The molecule has 0 aromatic heterocycles. The highest BCUT2D eigenvalue weighted by Crippen LogP contribution is 2.32. The summed E-state index contributed by atoms with van der Waals surface area (Å²) in [5.41, 5.74) is -0.648. The predicted molar refractivity (Wildman–Crippen MR) is 49.0 cm³/mol. The smallest absolute Gasteiger partial charge is 0.355 e. The first kappa shape index (κ1) is 11.6. The molecule has 1 N–H and O–H groups in total. The fourth-order valence-corrected chi connectivity index (χ4v) is 2.35. The van der Waals surface area contributed by atoms with Crippen LogP contribution in [0.4, 0.5) is 0 Å². The molecule has 0 aliphatic heterocycles. The fourth-order valence-electron chi connectivity index (χ4n) is 1.01. The van der Waals surface area contributed by atoms with Gasteiger partial charge in [0.05, 0.1) is 0 Å². The van der Waals surface area contributed by atoms with Crippen LogP contribution in [0, 0.1) is 5.92 Å². The van der Waals surface area contributed by atoms with Gasteiger partial charge in [0.15, 0.2) is 0 Å². The lowest BCUT2D eigenvalue weighted by atomic mass is 10.1. The minimum Gasteiger partial charge on any atom is -0.478 e. The van der Waals surface area contributed by atoms with Crippen LogP contribution < -0.4 is 0 Å². The maximum atomic E-state index is 11.3. The molecule has 12 heavy (non-hydrogen) atoms. The van der Waals surface area contributed by atoms with Crippen molar-refractivity contribution in [2.45, 2.75) is 32.9 Å². The molecule has 4 heteroatoms. The molecule has 0 rings (SSSR count). The minimum absolute atomic E-state index is 0.289. The molecule has 0 aromatic rings. The zero-order valence-corrected chi connectivity index (χ0v) is 8.67. The van der Waals surface area contributed by atoms with E-state index in [1.165, 1.54) is 0 Å². The summed E-state index contributed by atoms with van der Waals surface area (Å²) in [4.78, 5) is 10.7. The van der Waals surface area contributed by atoms with Crippen LogP contribution in [-0.2, 0) is 9.36 Å². The maximum absolute atomic E-state index is 11.3. The summed E-state index contributed by atoms with van der Waals surface area (Å²) in [7, 11) is -1.56. The molecule has 0 aromatic carbocycles. The van der Waals surface area contributed by atoms with E-state index < -0.39 is 19.4 Å². The highest BCUT2D eigenvalue weighted by Gasteiger charge is 2.35. The van der Waals surface area contributed by atoms with E-state index in [1.54, 1.807) is 6.92 Å². The lowest BCUT2D eigenvalue weighted by Crippen LogP contribution is -2.18. The molecule has 0 fully saturated rings. The number of hydrogen-bond donors (Lipinski definition) is 1. The molecule has 0 bridgehead atoms. The van der Waals surface area contributed by atoms with E-state index in [-0.39, 0.29) is 5.92 Å². The molecule has 2 atom stereocenters. The zero-order valence-electron chi connectivity index (χ0n) is 7.78. The summed E-state index contributed by atoms with van der Waals surface area (Å²) < 4.78 is 11.3. The Morgan fingerprint density at radius 1 is 1.50 bits per heavy atom. The molecule has 2 unspecified atom stereocenters. The van der Waals surface area contributed by atoms with Gasteiger partial charge in [0.1, 0.15) is 6.16 Å². The van der Waals surface area contributed by atoms with E-state index in [2.05, 4.69) is 0 Å². The van der Waals surface area contributed by atoms with Crippen LogP contribution >= 0.6 is 7.80 Å². The predicted octanol–water partition coefficient (Wildman–Crippen LogP) is 2.33. The maximum Gasteiger partial charge on any atom is 0.355 e. The van der Waals surface area contributed by atoms with Crippen LogP contribution in [0.3, 0.4) is 0 Å². The monoisotopic (exact) mass is 191 g/mol. The van der Waals surface area contributed by atoms with Crippen molar-refractivity contribution >= 4 is 13.8 Å². The SMILES string of the molecule is CC[P+](=O)C(CC(C)C)C(=O)O. The Bertz CT molecular complexity index is 177. The summed E-state index contributed by atoms with van der Waals surface area (Å²) in [6.07, 6.45) is 0.970. The molecular formula is C8H16O3P+. The van der Waals surface area contributed by atoms with Gasteiger partial charge in [-0.3, -0.25) is 0 Å². The van der Waals surface area contributed by atoms with Gasteiger partial charge in [-0.1, -0.05) is 18.4 Å². The summed E-state index contributed by atoms with van der Waals surface area (Å²) >= 11 is 0. The van der Waals surface area contributed by atoms with Gasteiger partial charge in [0, 0.05) is 6.42 Å². The summed E-state index contributed by atoms with van der Waals surface area (Å²) in [5.74, 6) is -0.636. The van der Waals surface area contributed by atoms with Crippen LogP contribution in [0.25, 0.3) is 0 Å². The number of rotatable bonds is 5. The van der Waals surface area contributed by atoms with Crippen molar-refractivity contribution < 1.29 is 14.5 Å². The topological polar surface area (TPSA) is 54.4 Å².